The van der Waals surface area contributed by atoms with Crippen LogP contribution in [0.25, 0.3) is 33.6 Å². The lowest BCUT2D eigenvalue weighted by atomic mass is 10.0. The van der Waals surface area contributed by atoms with E-state index in [4.69, 9.17) is 49.3 Å². The fourth-order valence-electron chi connectivity index (χ4n) is 15.7. The van der Waals surface area contributed by atoms with Gasteiger partial charge in [-0.2, -0.15) is 0 Å². The van der Waals surface area contributed by atoms with Crippen molar-refractivity contribution >= 4 is 116 Å². The molecule has 0 saturated heterocycles. The van der Waals surface area contributed by atoms with Gasteiger partial charge in [-0.05, 0) is 178 Å². The minimum Gasteiger partial charge on any atom is -0.400 e. The molecule has 12 aromatic heterocycles. The molecule has 0 spiro atoms. The first-order chi connectivity index (χ1) is 67.7. The molecule has 31 heteroatoms. The number of aromatic nitrogens is 18. The van der Waals surface area contributed by atoms with Crippen LogP contribution in [0.5, 0.6) is 0 Å². The van der Waals surface area contributed by atoms with E-state index in [0.29, 0.717) is 66.1 Å². The van der Waals surface area contributed by atoms with Gasteiger partial charge in [-0.1, -0.05) is 218 Å². The quantitative estimate of drug-likeness (QED) is 0.0305. The first-order valence-corrected chi connectivity index (χ1v) is 51.0. The number of nitrogens with two attached hydrogens (primary N) is 3. The summed E-state index contributed by atoms with van der Waals surface area (Å²) >= 11 is 15.0. The topological polar surface area (TPSA) is 364 Å². The lowest BCUT2D eigenvalue weighted by Crippen LogP contribution is -2.32. The van der Waals surface area contributed by atoms with E-state index in [9.17, 15) is 9.59 Å². The molecular formula is C110H136Br3ClN24O3. The van der Waals surface area contributed by atoms with Gasteiger partial charge in [-0.25, -0.2) is 54.8 Å². The van der Waals surface area contributed by atoms with Crippen molar-refractivity contribution in [2.45, 2.75) is 243 Å². The van der Waals surface area contributed by atoms with E-state index >= 15 is 0 Å². The highest BCUT2D eigenvalue weighted by Gasteiger charge is 2.27. The minimum atomic E-state index is -0.269. The summed E-state index contributed by atoms with van der Waals surface area (Å²) in [5.74, 6) is 10.6. The van der Waals surface area contributed by atoms with Crippen molar-refractivity contribution in [2.75, 3.05) is 12.4 Å². The zero-order valence-electron chi connectivity index (χ0n) is 84.1. The van der Waals surface area contributed by atoms with Gasteiger partial charge in [0.05, 0.1) is 51.8 Å². The number of Topliss-reactive ketones (excluding diaryl/α,β-unsaturated/α-hetero) is 1. The van der Waals surface area contributed by atoms with Gasteiger partial charge in [0, 0.05) is 209 Å². The second-order valence-electron chi connectivity index (χ2n) is 36.6. The molecule has 0 aliphatic carbocycles. The van der Waals surface area contributed by atoms with Crippen molar-refractivity contribution < 1.29 is 14.7 Å². The number of pyridine rings is 4. The van der Waals surface area contributed by atoms with Gasteiger partial charge >= 0.3 is 0 Å². The van der Waals surface area contributed by atoms with Crippen LogP contribution < -0.4 is 22.5 Å². The lowest BCUT2D eigenvalue weighted by molar-refractivity contribution is -0.121. The Bertz CT molecular complexity index is 6450. The molecule has 16 aromatic rings. The normalized spacial score (nSPS) is 13.7. The molecule has 141 heavy (non-hydrogen) atoms. The Morgan fingerprint density at radius 3 is 1.33 bits per heavy atom. The fourth-order valence-corrected chi connectivity index (χ4v) is 16.6. The number of ketones is 1. The highest BCUT2D eigenvalue weighted by molar-refractivity contribution is 9.11. The summed E-state index contributed by atoms with van der Waals surface area (Å²) in [7, 11) is 1.00. The number of rotatable bonds is 20. The van der Waals surface area contributed by atoms with E-state index in [0.717, 1.165) is 199 Å². The number of aryl methyl sites for hydroxylation is 6. The van der Waals surface area contributed by atoms with E-state index in [1.807, 2.05) is 198 Å². The summed E-state index contributed by atoms with van der Waals surface area (Å²) < 4.78 is 16.3. The zero-order valence-corrected chi connectivity index (χ0v) is 89.6. The van der Waals surface area contributed by atoms with Gasteiger partial charge < -0.3 is 54.7 Å². The Morgan fingerprint density at radius 2 is 0.901 bits per heavy atom. The number of nitrogens with one attached hydrogen (secondary N) is 2. The molecule has 3 unspecified atom stereocenters. The third kappa shape index (κ3) is 32.2. The number of halogens is 4. The van der Waals surface area contributed by atoms with E-state index in [1.54, 1.807) is 32.6 Å². The second-order valence-corrected chi connectivity index (χ2v) is 39.7. The summed E-state index contributed by atoms with van der Waals surface area (Å²) in [6.07, 6.45) is 30.4. The maximum atomic E-state index is 11.3. The molecule has 15 heterocycles. The third-order valence-electron chi connectivity index (χ3n) is 23.3. The molecule has 0 fully saturated rings. The van der Waals surface area contributed by atoms with Crippen LogP contribution in [-0.4, -0.2) is 140 Å². The molecule has 0 saturated carbocycles. The lowest BCUT2D eigenvalue weighted by Gasteiger charge is -2.27. The van der Waals surface area contributed by atoms with Crippen LogP contribution in [0, 0.1) is 24.2 Å². The maximum Gasteiger partial charge on any atom is 0.224 e. The van der Waals surface area contributed by atoms with Crippen LogP contribution in [0.1, 0.15) is 245 Å². The molecule has 19 rings (SSSR count). The number of anilines is 1. The first-order valence-electron chi connectivity index (χ1n) is 48.2. The summed E-state index contributed by atoms with van der Waals surface area (Å²) in [6, 6.07) is 57.0. The van der Waals surface area contributed by atoms with Crippen LogP contribution >= 0.6 is 59.4 Å². The SMILES string of the molecule is CC(C)C(=O)CCc1ccc(Br)cn1.CC(C)C(=O)Cl.CC(C)c1ncc2ccc(Br)cn12.CC(C)c1ncc2ccc(N=C(c3ccccc3)c3ccccc3)cn12.CC(C)c1ncc2n1CC(N)CC2.CC(C)c1ncc2n1CC(N)CC2.CCn1c(-c2cnc(C)nc2)nc2c(NC3CCc4cnc(C(C)C)n4C3)ncnc21.CO.N=C(c1ccccc1)c1ccccc1.NCc1ccc(Br)cn1. The third-order valence-corrected chi connectivity index (χ3v) is 25.1. The summed E-state index contributed by atoms with van der Waals surface area (Å²) in [4.78, 5) is 79.6. The van der Waals surface area contributed by atoms with Crippen molar-refractivity contribution in [1.29, 1.82) is 5.41 Å². The average Bonchev–Trinajstić information content (AvgIpc) is 1.62. The van der Waals surface area contributed by atoms with E-state index in [1.165, 1.54) is 28.7 Å². The van der Waals surface area contributed by atoms with Gasteiger partial charge in [0.25, 0.3) is 0 Å². The summed E-state index contributed by atoms with van der Waals surface area (Å²) in [6.45, 7) is 37.1. The first kappa shape index (κ1) is 111. The summed E-state index contributed by atoms with van der Waals surface area (Å²) in [5.41, 5.74) is 34.4. The number of carbonyl (C=O) groups is 2. The molecule has 4 aromatic carbocycles. The fraction of sp³-hybridized carbons (Fsp3) is 0.364. The Labute approximate surface area is 860 Å². The van der Waals surface area contributed by atoms with Crippen LogP contribution in [-0.2, 0) is 68.0 Å². The van der Waals surface area contributed by atoms with E-state index in [-0.39, 0.29) is 23.1 Å². The number of aliphatic hydroxyl groups is 1. The second kappa shape index (κ2) is 55.3. The van der Waals surface area contributed by atoms with Gasteiger partial charge in [0.1, 0.15) is 52.9 Å². The van der Waals surface area contributed by atoms with Crippen LogP contribution in [0.4, 0.5) is 11.5 Å². The number of hydrogen-bond donors (Lipinski definition) is 6. The van der Waals surface area contributed by atoms with Gasteiger partial charge in [0.15, 0.2) is 17.0 Å². The number of hydrogen-bond acceptors (Lipinski definition) is 21. The monoisotopic (exact) mass is 2110 g/mol. The van der Waals surface area contributed by atoms with Crippen molar-refractivity contribution in [3.05, 3.63) is 343 Å². The Morgan fingerprint density at radius 1 is 0.482 bits per heavy atom. The standard InChI is InChI=1S/C23H21N3.C22H27N9.C13H11N.C11H14BrNO.C10H11BrN2.2C10H17N3.C6H7BrN2.C4H7ClO.CH4O/c1-17(2)23-24-15-21-14-13-20(16-26(21)23)25-22(18-9-5-3-6-10-18)19-11-7-4-8-12-19;1-5-30-21(15-8-23-14(4)24-9-15)29-18-19(26-12-27-22(18)30)28-16-6-7-17-10-25-20(13(2)3)31(17)11-16;14-13(11-7-3-1-4-8-11)12-9-5-2-6-10-12;1-8(2)11(14)6-5-10-4-3-9(12)7-13-10;3*1-7(2)10-12-5-9-4-3-8(11)6-13(9)10;7-5-1-2-6(3-8)9-4-5;1-3(2)4(5)6;1-2/h3-17H,1-2H3;8-10,12-13,16H,5-7,11H2,1-4H3,(H,26,27,28);1-10,14H;3-4,7-8H,5-6H2,1-2H3;3-7H,1-2H3;2*5,7-8H,3-4,6,11H2,1-2H3;1-2,4H,3,8H2;3H,1-2H3;2H,1H3. The largest absolute Gasteiger partial charge is 0.400 e. The molecule has 0 radical (unpaired) electrons. The maximum absolute atomic E-state index is 11.3. The molecule has 27 nitrogen and oxygen atoms in total. The predicted octanol–water partition coefficient (Wildman–Crippen LogP) is 23.2. The Kier molecular flexibility index (Phi) is 43.5. The number of imidazole rings is 6. The number of carbonyl (C=O) groups excluding carboxylic acids is 2. The highest BCUT2D eigenvalue weighted by Crippen LogP contribution is 2.32. The van der Waals surface area contributed by atoms with Crippen molar-refractivity contribution in [2.24, 2.45) is 34.0 Å². The van der Waals surface area contributed by atoms with Gasteiger partial charge in [-0.15, -0.1) is 0 Å². The Hall–Kier alpha value is -12.1. The van der Waals surface area contributed by atoms with Crippen LogP contribution in [0.15, 0.2) is 263 Å². The van der Waals surface area contributed by atoms with Crippen LogP contribution in [0.2, 0.25) is 0 Å². The predicted molar refractivity (Wildman–Crippen MR) is 581 cm³/mol. The molecular weight excluding hydrogens is 1980 g/mol. The van der Waals surface area contributed by atoms with Gasteiger partial charge in [0.2, 0.25) is 5.24 Å². The molecule has 3 atom stereocenters. The molecule has 0 amide bonds. The van der Waals surface area contributed by atoms with Gasteiger partial charge in [-0.3, -0.25) is 25.0 Å². The molecule has 3 aliphatic heterocycles. The number of nitrogens with zero attached hydrogens (tertiary/aromatic N) is 19. The van der Waals surface area contributed by atoms with E-state index < -0.39 is 0 Å². The minimum absolute atomic E-state index is 0.0216. The smallest absolute Gasteiger partial charge is 0.224 e. The molecule has 9 N–H and O–H groups in total. The molecule has 742 valence electrons. The number of benzene rings is 4. The average molecular weight is 2120 g/mol. The highest BCUT2D eigenvalue weighted by atomic mass is 79.9. The number of aliphatic hydroxyl groups excluding tert-OH is 1. The number of aliphatic imine (C=N–C) groups is 1. The van der Waals surface area contributed by atoms with Crippen molar-refractivity contribution in [3.63, 3.8) is 0 Å². The molecule has 0 bridgehead atoms. The summed E-state index contributed by atoms with van der Waals surface area (Å²) in [5, 5.41) is 18.3. The van der Waals surface area contributed by atoms with Crippen molar-refractivity contribution in [3.8, 4) is 11.4 Å². The van der Waals surface area contributed by atoms with E-state index in [2.05, 4.69) is 260 Å². The zero-order chi connectivity index (χ0) is 102. The van der Waals surface area contributed by atoms with Crippen LogP contribution in [0.3, 0.4) is 0 Å². The van der Waals surface area contributed by atoms with Crippen molar-refractivity contribution in [1.82, 2.24) is 86.9 Å². The Balaban J connectivity index is 0.000000169. The number of fused-ring (bicyclic) bond motifs is 6. The molecule has 3 aliphatic rings.